The fraction of sp³-hybridized carbons (Fsp3) is 0.417. The van der Waals surface area contributed by atoms with E-state index in [1.54, 1.807) is 12.1 Å². The molecule has 1 aliphatic rings. The van der Waals surface area contributed by atoms with Crippen molar-refractivity contribution in [2.45, 2.75) is 39.0 Å². The molecule has 0 saturated carbocycles. The van der Waals surface area contributed by atoms with Crippen LogP contribution in [0.3, 0.4) is 0 Å². The molecule has 1 heterocycles. The monoisotopic (exact) mass is 409 g/mol. The first-order valence-corrected chi connectivity index (χ1v) is 10.8. The van der Waals surface area contributed by atoms with E-state index in [1.807, 2.05) is 41.3 Å². The highest BCUT2D eigenvalue weighted by molar-refractivity contribution is 5.98. The summed E-state index contributed by atoms with van der Waals surface area (Å²) in [5.74, 6) is 0.645. The van der Waals surface area contributed by atoms with Gasteiger partial charge in [0.05, 0.1) is 13.2 Å². The number of amides is 2. The molecule has 1 saturated heterocycles. The molecule has 2 N–H and O–H groups in total. The quantitative estimate of drug-likeness (QED) is 0.671. The maximum atomic E-state index is 12.8. The Balaban J connectivity index is 1.54. The molecular formula is C24H31N3O3. The summed E-state index contributed by atoms with van der Waals surface area (Å²) in [6.45, 7) is 4.46. The number of anilines is 2. The van der Waals surface area contributed by atoms with Crippen LogP contribution in [-0.4, -0.2) is 43.0 Å². The molecule has 2 aromatic carbocycles. The lowest BCUT2D eigenvalue weighted by molar-refractivity contribution is -0.114. The molecule has 3 rings (SSSR count). The van der Waals surface area contributed by atoms with Crippen molar-refractivity contribution in [3.8, 4) is 5.75 Å². The van der Waals surface area contributed by atoms with E-state index in [1.165, 1.54) is 12.8 Å². The lowest BCUT2D eigenvalue weighted by atomic mass is 10.1. The SMILES string of the molecule is CCCOc1cccc(NCC(=O)Nc2cccc(C(=O)N3CCCCCC3)c2)c1. The average molecular weight is 410 g/mol. The van der Waals surface area contributed by atoms with Crippen LogP contribution in [0.1, 0.15) is 49.4 Å². The van der Waals surface area contributed by atoms with Crippen LogP contribution in [0.15, 0.2) is 48.5 Å². The van der Waals surface area contributed by atoms with E-state index >= 15 is 0 Å². The predicted octanol–water partition coefficient (Wildman–Crippen LogP) is 4.54. The van der Waals surface area contributed by atoms with Gasteiger partial charge >= 0.3 is 0 Å². The zero-order chi connectivity index (χ0) is 21.2. The van der Waals surface area contributed by atoms with Crippen LogP contribution in [0, 0.1) is 0 Å². The van der Waals surface area contributed by atoms with Crippen molar-refractivity contribution >= 4 is 23.2 Å². The van der Waals surface area contributed by atoms with Gasteiger partial charge in [-0.2, -0.15) is 0 Å². The van der Waals surface area contributed by atoms with E-state index in [-0.39, 0.29) is 18.4 Å². The Hall–Kier alpha value is -3.02. The zero-order valence-electron chi connectivity index (χ0n) is 17.7. The van der Waals surface area contributed by atoms with Gasteiger partial charge in [0.25, 0.3) is 5.91 Å². The molecule has 0 spiro atoms. The van der Waals surface area contributed by atoms with Crippen molar-refractivity contribution in [2.24, 2.45) is 0 Å². The van der Waals surface area contributed by atoms with Gasteiger partial charge in [-0.1, -0.05) is 31.9 Å². The van der Waals surface area contributed by atoms with Crippen molar-refractivity contribution in [3.05, 3.63) is 54.1 Å². The van der Waals surface area contributed by atoms with E-state index in [0.29, 0.717) is 17.9 Å². The zero-order valence-corrected chi connectivity index (χ0v) is 17.7. The van der Waals surface area contributed by atoms with Crippen LogP contribution in [0.5, 0.6) is 5.75 Å². The topological polar surface area (TPSA) is 70.7 Å². The summed E-state index contributed by atoms with van der Waals surface area (Å²) in [6.07, 6.45) is 5.41. The first-order chi connectivity index (χ1) is 14.7. The molecule has 6 heteroatoms. The summed E-state index contributed by atoms with van der Waals surface area (Å²) in [7, 11) is 0. The Morgan fingerprint density at radius 2 is 1.70 bits per heavy atom. The molecule has 0 unspecified atom stereocenters. The number of hydrogen-bond acceptors (Lipinski definition) is 4. The normalized spacial score (nSPS) is 14.0. The Labute approximate surface area is 178 Å². The predicted molar refractivity (Wildman–Crippen MR) is 120 cm³/mol. The van der Waals surface area contributed by atoms with E-state index in [0.717, 1.165) is 43.8 Å². The number of nitrogens with zero attached hydrogens (tertiary/aromatic N) is 1. The highest BCUT2D eigenvalue weighted by Gasteiger charge is 2.17. The van der Waals surface area contributed by atoms with Gasteiger partial charge in [-0.3, -0.25) is 9.59 Å². The molecule has 0 atom stereocenters. The van der Waals surface area contributed by atoms with Gasteiger partial charge in [-0.15, -0.1) is 0 Å². The highest BCUT2D eigenvalue weighted by atomic mass is 16.5. The van der Waals surface area contributed by atoms with Crippen molar-refractivity contribution < 1.29 is 14.3 Å². The van der Waals surface area contributed by atoms with E-state index in [4.69, 9.17) is 4.74 Å². The summed E-state index contributed by atoms with van der Waals surface area (Å²) in [5, 5.41) is 5.98. The standard InChI is InChI=1S/C24H31N3O3/c1-2-15-30-22-12-8-10-20(17-22)25-18-23(28)26-21-11-7-9-19(16-21)24(29)27-13-5-3-4-6-14-27/h7-12,16-17,25H,2-6,13-15,18H2,1H3,(H,26,28). The second kappa shape index (κ2) is 11.2. The van der Waals surface area contributed by atoms with Gasteiger partial charge in [-0.25, -0.2) is 0 Å². The first kappa shape index (κ1) is 21.7. The van der Waals surface area contributed by atoms with Crippen LogP contribution in [0.2, 0.25) is 0 Å². The number of carbonyl (C=O) groups is 2. The Kier molecular flexibility index (Phi) is 8.12. The molecule has 1 fully saturated rings. The number of rotatable bonds is 8. The van der Waals surface area contributed by atoms with Gasteiger partial charge in [0, 0.05) is 36.1 Å². The molecule has 0 radical (unpaired) electrons. The highest BCUT2D eigenvalue weighted by Crippen LogP contribution is 2.18. The second-order valence-corrected chi connectivity index (χ2v) is 7.57. The average Bonchev–Trinajstić information content (AvgIpc) is 3.06. The summed E-state index contributed by atoms with van der Waals surface area (Å²) < 4.78 is 5.62. The van der Waals surface area contributed by atoms with Crippen LogP contribution in [-0.2, 0) is 4.79 Å². The third-order valence-electron chi connectivity index (χ3n) is 5.05. The molecular weight excluding hydrogens is 378 g/mol. The van der Waals surface area contributed by atoms with Crippen molar-refractivity contribution in [1.82, 2.24) is 4.90 Å². The Morgan fingerprint density at radius 1 is 0.967 bits per heavy atom. The van der Waals surface area contributed by atoms with Gasteiger partial charge in [-0.05, 0) is 49.6 Å². The first-order valence-electron chi connectivity index (χ1n) is 10.8. The third kappa shape index (κ3) is 6.51. The van der Waals surface area contributed by atoms with Crippen molar-refractivity contribution in [1.29, 1.82) is 0 Å². The maximum Gasteiger partial charge on any atom is 0.253 e. The summed E-state index contributed by atoms with van der Waals surface area (Å²) in [4.78, 5) is 27.1. The molecule has 30 heavy (non-hydrogen) atoms. The second-order valence-electron chi connectivity index (χ2n) is 7.57. The summed E-state index contributed by atoms with van der Waals surface area (Å²) in [5.41, 5.74) is 2.06. The lowest BCUT2D eigenvalue weighted by Crippen LogP contribution is -2.31. The summed E-state index contributed by atoms with van der Waals surface area (Å²) in [6, 6.07) is 14.7. The van der Waals surface area contributed by atoms with Gasteiger partial charge in [0.15, 0.2) is 0 Å². The lowest BCUT2D eigenvalue weighted by Gasteiger charge is -2.20. The molecule has 0 aliphatic carbocycles. The maximum absolute atomic E-state index is 12.8. The third-order valence-corrected chi connectivity index (χ3v) is 5.05. The van der Waals surface area contributed by atoms with Crippen LogP contribution in [0.4, 0.5) is 11.4 Å². The molecule has 2 amide bonds. The minimum atomic E-state index is -0.172. The van der Waals surface area contributed by atoms with Gasteiger partial charge in [0.2, 0.25) is 5.91 Å². The van der Waals surface area contributed by atoms with Crippen LogP contribution in [0.25, 0.3) is 0 Å². The van der Waals surface area contributed by atoms with E-state index in [2.05, 4.69) is 17.6 Å². The number of carbonyl (C=O) groups excluding carboxylic acids is 2. The largest absolute Gasteiger partial charge is 0.494 e. The van der Waals surface area contributed by atoms with Crippen LogP contribution < -0.4 is 15.4 Å². The van der Waals surface area contributed by atoms with Crippen LogP contribution >= 0.6 is 0 Å². The fourth-order valence-corrected chi connectivity index (χ4v) is 3.49. The number of benzene rings is 2. The van der Waals surface area contributed by atoms with Crippen molar-refractivity contribution in [2.75, 3.05) is 36.9 Å². The van der Waals surface area contributed by atoms with E-state index in [9.17, 15) is 9.59 Å². The summed E-state index contributed by atoms with van der Waals surface area (Å²) >= 11 is 0. The minimum Gasteiger partial charge on any atom is -0.494 e. The molecule has 2 aromatic rings. The number of ether oxygens (including phenoxy) is 1. The number of hydrogen-bond donors (Lipinski definition) is 2. The molecule has 0 bridgehead atoms. The Bertz CT molecular complexity index is 845. The number of nitrogens with one attached hydrogen (secondary N) is 2. The molecule has 160 valence electrons. The van der Waals surface area contributed by atoms with Gasteiger partial charge < -0.3 is 20.3 Å². The van der Waals surface area contributed by atoms with E-state index < -0.39 is 0 Å². The minimum absolute atomic E-state index is 0.0371. The molecule has 0 aromatic heterocycles. The Morgan fingerprint density at radius 3 is 2.47 bits per heavy atom. The molecule has 6 nitrogen and oxygen atoms in total. The molecule has 1 aliphatic heterocycles. The number of likely N-dealkylation sites (tertiary alicyclic amines) is 1. The smallest absolute Gasteiger partial charge is 0.253 e. The van der Waals surface area contributed by atoms with Gasteiger partial charge in [0.1, 0.15) is 5.75 Å². The fourth-order valence-electron chi connectivity index (χ4n) is 3.49. The van der Waals surface area contributed by atoms with Crippen molar-refractivity contribution in [3.63, 3.8) is 0 Å².